The number of guanidine groups is 1. The van der Waals surface area contributed by atoms with Gasteiger partial charge in [-0.05, 0) is 48.9 Å². The Morgan fingerprint density at radius 1 is 1.12 bits per heavy atom. The van der Waals surface area contributed by atoms with Crippen LogP contribution in [0.2, 0.25) is 0 Å². The van der Waals surface area contributed by atoms with Gasteiger partial charge in [-0.1, -0.05) is 61.9 Å². The molecule has 4 heteroatoms. The molecule has 4 nitrogen and oxygen atoms in total. The summed E-state index contributed by atoms with van der Waals surface area (Å²) in [5, 5.41) is 0. The van der Waals surface area contributed by atoms with Crippen molar-refractivity contribution < 1.29 is 4.79 Å². The third-order valence-electron chi connectivity index (χ3n) is 4.77. The van der Waals surface area contributed by atoms with Crippen LogP contribution in [0.3, 0.4) is 0 Å². The number of hydrogen-bond acceptors (Lipinski definition) is 3. The van der Waals surface area contributed by atoms with Crippen molar-refractivity contribution in [1.82, 2.24) is 4.90 Å². The summed E-state index contributed by atoms with van der Waals surface area (Å²) in [5.74, 6) is 0.689. The number of hydrogen-bond donors (Lipinski definition) is 1. The number of carbonyl (C=O) groups excluding carboxylic acids is 1. The van der Waals surface area contributed by atoms with Crippen LogP contribution in [0.5, 0.6) is 0 Å². The molecule has 136 valence electrons. The van der Waals surface area contributed by atoms with Crippen LogP contribution < -0.4 is 5.73 Å². The number of nitrogens with zero attached hydrogens (tertiary/aromatic N) is 2. The second kappa shape index (κ2) is 6.94. The van der Waals surface area contributed by atoms with Crippen molar-refractivity contribution in [2.24, 2.45) is 16.6 Å². The van der Waals surface area contributed by atoms with Crippen molar-refractivity contribution in [3.63, 3.8) is 0 Å². The molecule has 1 atom stereocenters. The fourth-order valence-corrected chi connectivity index (χ4v) is 3.69. The van der Waals surface area contributed by atoms with E-state index in [1.165, 1.54) is 11.1 Å². The van der Waals surface area contributed by atoms with E-state index in [1.807, 2.05) is 19.1 Å². The van der Waals surface area contributed by atoms with E-state index in [-0.39, 0.29) is 5.91 Å². The van der Waals surface area contributed by atoms with E-state index >= 15 is 0 Å². The monoisotopic (exact) mass is 349 g/mol. The molecule has 0 aromatic heterocycles. The SMILES string of the molecule is Cc1cccc(-c2cccc(CN3C(=O)C(C)(CC(C)C)N=C3N)c2)c1. The van der Waals surface area contributed by atoms with Crippen molar-refractivity contribution in [2.45, 2.75) is 46.2 Å². The van der Waals surface area contributed by atoms with Gasteiger partial charge in [-0.15, -0.1) is 0 Å². The van der Waals surface area contributed by atoms with Crippen molar-refractivity contribution in [3.8, 4) is 11.1 Å². The van der Waals surface area contributed by atoms with Gasteiger partial charge >= 0.3 is 0 Å². The van der Waals surface area contributed by atoms with Gasteiger partial charge < -0.3 is 5.73 Å². The van der Waals surface area contributed by atoms with E-state index in [0.29, 0.717) is 24.8 Å². The van der Waals surface area contributed by atoms with E-state index in [0.717, 1.165) is 11.1 Å². The first-order valence-corrected chi connectivity index (χ1v) is 9.12. The predicted molar refractivity (Wildman–Crippen MR) is 107 cm³/mol. The summed E-state index contributed by atoms with van der Waals surface area (Å²) in [5.41, 5.74) is 9.93. The van der Waals surface area contributed by atoms with E-state index in [9.17, 15) is 4.79 Å². The van der Waals surface area contributed by atoms with E-state index in [4.69, 9.17) is 5.73 Å². The molecule has 1 amide bonds. The summed E-state index contributed by atoms with van der Waals surface area (Å²) in [6.07, 6.45) is 0.701. The van der Waals surface area contributed by atoms with Crippen LogP contribution >= 0.6 is 0 Å². The molecule has 2 aromatic rings. The lowest BCUT2D eigenvalue weighted by Gasteiger charge is -2.23. The summed E-state index contributed by atoms with van der Waals surface area (Å²) in [7, 11) is 0. The largest absolute Gasteiger partial charge is 0.369 e. The molecule has 3 rings (SSSR count). The zero-order valence-electron chi connectivity index (χ0n) is 16.0. The van der Waals surface area contributed by atoms with E-state index in [1.54, 1.807) is 4.90 Å². The average Bonchev–Trinajstić information content (AvgIpc) is 2.77. The van der Waals surface area contributed by atoms with Gasteiger partial charge in [0.15, 0.2) is 5.96 Å². The Bertz CT molecular complexity index is 856. The third-order valence-corrected chi connectivity index (χ3v) is 4.77. The van der Waals surface area contributed by atoms with Crippen LogP contribution in [-0.4, -0.2) is 22.3 Å². The van der Waals surface area contributed by atoms with Gasteiger partial charge in [-0.2, -0.15) is 0 Å². The van der Waals surface area contributed by atoms with Crippen LogP contribution in [0.4, 0.5) is 0 Å². The molecule has 1 aliphatic rings. The number of nitrogens with two attached hydrogens (primary N) is 1. The molecule has 0 aliphatic carbocycles. The molecule has 1 aliphatic heterocycles. The fourth-order valence-electron chi connectivity index (χ4n) is 3.69. The topological polar surface area (TPSA) is 58.7 Å². The summed E-state index contributed by atoms with van der Waals surface area (Å²) in [6.45, 7) is 8.60. The highest BCUT2D eigenvalue weighted by atomic mass is 16.2. The van der Waals surface area contributed by atoms with Gasteiger partial charge in [0.25, 0.3) is 5.91 Å². The molecular weight excluding hydrogens is 322 g/mol. The molecule has 0 spiro atoms. The number of aryl methyl sites for hydroxylation is 1. The maximum atomic E-state index is 12.9. The van der Waals surface area contributed by atoms with E-state index < -0.39 is 5.54 Å². The number of amides is 1. The normalized spacial score (nSPS) is 20.0. The molecule has 0 radical (unpaired) electrons. The van der Waals surface area contributed by atoms with Gasteiger partial charge in [0.1, 0.15) is 5.54 Å². The lowest BCUT2D eigenvalue weighted by Crippen LogP contribution is -2.43. The highest BCUT2D eigenvalue weighted by molar-refractivity contribution is 6.06. The summed E-state index contributed by atoms with van der Waals surface area (Å²) in [6, 6.07) is 16.7. The summed E-state index contributed by atoms with van der Waals surface area (Å²) >= 11 is 0. The maximum Gasteiger partial charge on any atom is 0.257 e. The van der Waals surface area contributed by atoms with E-state index in [2.05, 4.69) is 62.2 Å². The molecular formula is C22H27N3O. The number of aliphatic imine (C=N–C) groups is 1. The maximum absolute atomic E-state index is 12.9. The Morgan fingerprint density at radius 3 is 2.42 bits per heavy atom. The van der Waals surface area contributed by atoms with Crippen LogP contribution in [0.25, 0.3) is 11.1 Å². The Labute approximate surface area is 155 Å². The number of benzene rings is 2. The summed E-state index contributed by atoms with van der Waals surface area (Å²) in [4.78, 5) is 19.0. The lowest BCUT2D eigenvalue weighted by atomic mass is 9.91. The summed E-state index contributed by atoms with van der Waals surface area (Å²) < 4.78 is 0. The molecule has 0 saturated heterocycles. The molecule has 1 heterocycles. The molecule has 2 aromatic carbocycles. The average molecular weight is 349 g/mol. The predicted octanol–water partition coefficient (Wildman–Crippen LogP) is 4.12. The number of rotatable bonds is 5. The van der Waals surface area contributed by atoms with Crippen LogP contribution in [0.15, 0.2) is 53.5 Å². The first-order valence-electron chi connectivity index (χ1n) is 9.12. The highest BCUT2D eigenvalue weighted by Gasteiger charge is 2.43. The fraction of sp³-hybridized carbons (Fsp3) is 0.364. The second-order valence-corrected chi connectivity index (χ2v) is 7.80. The molecule has 2 N–H and O–H groups in total. The van der Waals surface area contributed by atoms with Crippen LogP contribution in [0, 0.1) is 12.8 Å². The minimum Gasteiger partial charge on any atom is -0.369 e. The lowest BCUT2D eigenvalue weighted by molar-refractivity contribution is -0.131. The van der Waals surface area contributed by atoms with Crippen molar-refractivity contribution in [3.05, 3.63) is 59.7 Å². The second-order valence-electron chi connectivity index (χ2n) is 7.80. The standard InChI is InChI=1S/C22H27N3O/c1-15(2)13-22(4)20(26)25(21(23)24-22)14-17-8-6-10-19(12-17)18-9-5-7-16(3)11-18/h5-12,15H,13-14H2,1-4H3,(H2,23,24). The van der Waals surface area contributed by atoms with Crippen molar-refractivity contribution >= 4 is 11.9 Å². The molecule has 0 bridgehead atoms. The zero-order valence-corrected chi connectivity index (χ0v) is 16.0. The molecule has 26 heavy (non-hydrogen) atoms. The Kier molecular flexibility index (Phi) is 4.86. The van der Waals surface area contributed by atoms with Crippen LogP contribution in [0.1, 0.15) is 38.3 Å². The van der Waals surface area contributed by atoms with Crippen molar-refractivity contribution in [1.29, 1.82) is 0 Å². The van der Waals surface area contributed by atoms with Gasteiger partial charge in [0, 0.05) is 0 Å². The Balaban J connectivity index is 1.83. The van der Waals surface area contributed by atoms with Crippen LogP contribution in [-0.2, 0) is 11.3 Å². The Hall–Kier alpha value is -2.62. The first kappa shape index (κ1) is 18.2. The zero-order chi connectivity index (χ0) is 18.9. The van der Waals surface area contributed by atoms with Gasteiger partial charge in [0.2, 0.25) is 0 Å². The minimum absolute atomic E-state index is 0.00958. The Morgan fingerprint density at radius 2 is 1.77 bits per heavy atom. The molecule has 1 unspecified atom stereocenters. The molecule has 0 fully saturated rings. The minimum atomic E-state index is -0.744. The van der Waals surface area contributed by atoms with Crippen molar-refractivity contribution in [2.75, 3.05) is 0 Å². The molecule has 0 saturated carbocycles. The van der Waals surface area contributed by atoms with Gasteiger partial charge in [-0.3, -0.25) is 9.69 Å². The van der Waals surface area contributed by atoms with Gasteiger partial charge in [-0.25, -0.2) is 4.99 Å². The third kappa shape index (κ3) is 3.64. The quantitative estimate of drug-likeness (QED) is 0.882. The first-order chi connectivity index (χ1) is 12.3. The highest BCUT2D eigenvalue weighted by Crippen LogP contribution is 2.30. The number of carbonyl (C=O) groups is 1. The smallest absolute Gasteiger partial charge is 0.257 e. The van der Waals surface area contributed by atoms with Gasteiger partial charge in [0.05, 0.1) is 6.54 Å².